The lowest BCUT2D eigenvalue weighted by Crippen LogP contribution is -2.16. The minimum atomic E-state index is -0.227. The van der Waals surface area contributed by atoms with Crippen molar-refractivity contribution >= 4 is 23.3 Å². The summed E-state index contributed by atoms with van der Waals surface area (Å²) in [5.41, 5.74) is 3.21. The van der Waals surface area contributed by atoms with Crippen LogP contribution in [0.1, 0.15) is 41.4 Å². The summed E-state index contributed by atoms with van der Waals surface area (Å²) in [6, 6.07) is 11.1. The molecule has 0 aliphatic carbocycles. The summed E-state index contributed by atoms with van der Waals surface area (Å²) in [7, 11) is 0. The number of halogens is 1. The van der Waals surface area contributed by atoms with Crippen molar-refractivity contribution in [2.45, 2.75) is 26.7 Å². The largest absolute Gasteiger partial charge is 0.306 e. The van der Waals surface area contributed by atoms with Gasteiger partial charge in [-0.25, -0.2) is 9.67 Å². The Kier molecular flexibility index (Phi) is 4.86. The number of aromatic nitrogens is 3. The number of rotatable bonds is 4. The van der Waals surface area contributed by atoms with Crippen molar-refractivity contribution in [3.05, 3.63) is 70.6 Å². The fourth-order valence-electron chi connectivity index (χ4n) is 2.69. The normalized spacial score (nSPS) is 10.9. The van der Waals surface area contributed by atoms with Crippen molar-refractivity contribution in [2.24, 2.45) is 0 Å². The van der Waals surface area contributed by atoms with E-state index in [1.165, 1.54) is 0 Å². The van der Waals surface area contributed by atoms with E-state index in [-0.39, 0.29) is 11.8 Å². The van der Waals surface area contributed by atoms with E-state index >= 15 is 0 Å². The summed E-state index contributed by atoms with van der Waals surface area (Å²) in [4.78, 5) is 16.9. The van der Waals surface area contributed by atoms with Gasteiger partial charge in [0.1, 0.15) is 5.82 Å². The Balaban J connectivity index is 1.98. The first-order valence-corrected chi connectivity index (χ1v) is 8.41. The quantitative estimate of drug-likeness (QED) is 0.744. The van der Waals surface area contributed by atoms with Crippen LogP contribution in [-0.2, 0) is 0 Å². The van der Waals surface area contributed by atoms with E-state index < -0.39 is 0 Å². The van der Waals surface area contributed by atoms with Gasteiger partial charge < -0.3 is 5.32 Å². The van der Waals surface area contributed by atoms with Crippen LogP contribution in [0.15, 0.2) is 48.8 Å². The molecule has 0 fully saturated rings. The summed E-state index contributed by atoms with van der Waals surface area (Å²) in [5.74, 6) is 0.401. The summed E-state index contributed by atoms with van der Waals surface area (Å²) >= 11 is 6.09. The van der Waals surface area contributed by atoms with Gasteiger partial charge in [-0.15, -0.1) is 0 Å². The number of hydrogen-bond acceptors (Lipinski definition) is 3. The highest BCUT2D eigenvalue weighted by Gasteiger charge is 2.21. The fourth-order valence-corrected chi connectivity index (χ4v) is 2.87. The maximum atomic E-state index is 12.7. The third kappa shape index (κ3) is 3.72. The summed E-state index contributed by atoms with van der Waals surface area (Å²) < 4.78 is 1.76. The third-order valence-corrected chi connectivity index (χ3v) is 4.04. The molecular formula is C19H19ClN4O. The van der Waals surface area contributed by atoms with Gasteiger partial charge in [0.05, 0.1) is 23.1 Å². The van der Waals surface area contributed by atoms with Crippen molar-refractivity contribution in [3.63, 3.8) is 0 Å². The molecular weight excluding hydrogens is 336 g/mol. The lowest BCUT2D eigenvalue weighted by molar-refractivity contribution is 0.102. The third-order valence-electron chi connectivity index (χ3n) is 3.81. The predicted molar refractivity (Wildman–Crippen MR) is 99.6 cm³/mol. The minimum Gasteiger partial charge on any atom is -0.306 e. The van der Waals surface area contributed by atoms with Crippen molar-refractivity contribution in [3.8, 4) is 5.69 Å². The van der Waals surface area contributed by atoms with Crippen LogP contribution < -0.4 is 5.32 Å². The Labute approximate surface area is 151 Å². The minimum absolute atomic E-state index is 0.104. The molecule has 0 aliphatic rings. The van der Waals surface area contributed by atoms with E-state index in [1.54, 1.807) is 23.1 Å². The first kappa shape index (κ1) is 17.2. The maximum absolute atomic E-state index is 12.7. The van der Waals surface area contributed by atoms with Gasteiger partial charge in [-0.3, -0.25) is 4.79 Å². The Morgan fingerprint density at radius 1 is 1.24 bits per heavy atom. The van der Waals surface area contributed by atoms with Crippen LogP contribution in [0, 0.1) is 6.92 Å². The molecule has 128 valence electrons. The second-order valence-electron chi connectivity index (χ2n) is 6.16. The summed E-state index contributed by atoms with van der Waals surface area (Å²) in [5, 5.41) is 7.87. The summed E-state index contributed by atoms with van der Waals surface area (Å²) in [6.45, 7) is 6.01. The highest BCUT2D eigenvalue weighted by Crippen LogP contribution is 2.25. The number of benzene rings is 1. The van der Waals surface area contributed by atoms with Gasteiger partial charge in [-0.05, 0) is 48.7 Å². The summed E-state index contributed by atoms with van der Waals surface area (Å²) in [6.07, 6.45) is 3.26. The average molecular weight is 355 g/mol. The Morgan fingerprint density at radius 3 is 2.72 bits per heavy atom. The van der Waals surface area contributed by atoms with Crippen molar-refractivity contribution in [1.82, 2.24) is 14.8 Å². The molecule has 3 rings (SSSR count). The van der Waals surface area contributed by atoms with Gasteiger partial charge in [0, 0.05) is 11.2 Å². The molecule has 5 nitrogen and oxygen atoms in total. The number of pyridine rings is 1. The van der Waals surface area contributed by atoms with Crippen LogP contribution in [0.4, 0.5) is 5.82 Å². The van der Waals surface area contributed by atoms with Crippen LogP contribution in [0.3, 0.4) is 0 Å². The molecule has 1 N–H and O–H groups in total. The van der Waals surface area contributed by atoms with Crippen LogP contribution in [0.25, 0.3) is 5.69 Å². The van der Waals surface area contributed by atoms with Gasteiger partial charge in [-0.1, -0.05) is 31.5 Å². The van der Waals surface area contributed by atoms with Crippen LogP contribution in [0.5, 0.6) is 0 Å². The van der Waals surface area contributed by atoms with Gasteiger partial charge in [0.25, 0.3) is 5.91 Å². The van der Waals surface area contributed by atoms with E-state index in [2.05, 4.69) is 15.4 Å². The average Bonchev–Trinajstić information content (AvgIpc) is 3.00. The van der Waals surface area contributed by atoms with E-state index in [9.17, 15) is 4.79 Å². The number of nitrogens with one attached hydrogen (secondary N) is 1. The molecule has 0 bridgehead atoms. The van der Waals surface area contributed by atoms with Crippen molar-refractivity contribution < 1.29 is 4.79 Å². The zero-order chi connectivity index (χ0) is 18.0. The van der Waals surface area contributed by atoms with Gasteiger partial charge >= 0.3 is 0 Å². The molecule has 2 aromatic heterocycles. The molecule has 0 aliphatic heterocycles. The zero-order valence-electron chi connectivity index (χ0n) is 14.3. The van der Waals surface area contributed by atoms with E-state index in [4.69, 9.17) is 11.6 Å². The Hall–Kier alpha value is -2.66. The van der Waals surface area contributed by atoms with E-state index in [0.717, 1.165) is 16.9 Å². The molecule has 1 amide bonds. The lowest BCUT2D eigenvalue weighted by Gasteiger charge is -2.13. The van der Waals surface area contributed by atoms with E-state index in [0.29, 0.717) is 16.4 Å². The first-order valence-electron chi connectivity index (χ1n) is 8.03. The zero-order valence-corrected chi connectivity index (χ0v) is 15.1. The molecule has 6 heteroatoms. The molecule has 0 unspecified atom stereocenters. The Bertz CT molecular complexity index is 917. The second-order valence-corrected chi connectivity index (χ2v) is 6.60. The first-order chi connectivity index (χ1) is 12.0. The SMILES string of the molecule is Cc1ccnc(NC(=O)c2cnn(-c3cccc(Cl)c3)c2C(C)C)c1. The molecule has 25 heavy (non-hydrogen) atoms. The molecule has 0 radical (unpaired) electrons. The van der Waals surface area contributed by atoms with Gasteiger partial charge in [-0.2, -0.15) is 5.10 Å². The van der Waals surface area contributed by atoms with Crippen LogP contribution in [-0.4, -0.2) is 20.7 Å². The highest BCUT2D eigenvalue weighted by molar-refractivity contribution is 6.30. The Morgan fingerprint density at radius 2 is 2.04 bits per heavy atom. The van der Waals surface area contributed by atoms with Crippen LogP contribution >= 0.6 is 11.6 Å². The maximum Gasteiger partial charge on any atom is 0.260 e. The molecule has 1 aromatic carbocycles. The lowest BCUT2D eigenvalue weighted by atomic mass is 10.0. The molecule has 0 atom stereocenters. The van der Waals surface area contributed by atoms with Crippen molar-refractivity contribution in [2.75, 3.05) is 5.32 Å². The number of amides is 1. The van der Waals surface area contributed by atoms with E-state index in [1.807, 2.05) is 51.1 Å². The second kappa shape index (κ2) is 7.07. The number of aryl methyl sites for hydroxylation is 1. The van der Waals surface area contributed by atoms with Crippen molar-refractivity contribution in [1.29, 1.82) is 0 Å². The smallest absolute Gasteiger partial charge is 0.260 e. The number of carbonyl (C=O) groups is 1. The van der Waals surface area contributed by atoms with Crippen LogP contribution in [0.2, 0.25) is 5.02 Å². The fraction of sp³-hybridized carbons (Fsp3) is 0.211. The highest BCUT2D eigenvalue weighted by atomic mass is 35.5. The molecule has 2 heterocycles. The standard InChI is InChI=1S/C19H19ClN4O/c1-12(2)18-16(19(25)23-17-9-13(3)7-8-21-17)11-22-24(18)15-6-4-5-14(20)10-15/h4-12H,1-3H3,(H,21,23,25). The predicted octanol–water partition coefficient (Wildman–Crippen LogP) is 4.60. The number of nitrogens with zero attached hydrogens (tertiary/aromatic N) is 3. The topological polar surface area (TPSA) is 59.8 Å². The number of carbonyl (C=O) groups excluding carboxylic acids is 1. The molecule has 0 saturated heterocycles. The molecule has 3 aromatic rings. The molecule has 0 saturated carbocycles. The number of hydrogen-bond donors (Lipinski definition) is 1. The monoisotopic (exact) mass is 354 g/mol. The molecule has 0 spiro atoms. The number of anilines is 1. The van der Waals surface area contributed by atoms with Gasteiger partial charge in [0.15, 0.2) is 0 Å². The van der Waals surface area contributed by atoms with Gasteiger partial charge in [0.2, 0.25) is 0 Å².